The first-order valence-corrected chi connectivity index (χ1v) is 7.87. The van der Waals surface area contributed by atoms with Crippen molar-refractivity contribution in [2.24, 2.45) is 4.99 Å². The molecule has 0 aliphatic carbocycles. The largest absolute Gasteiger partial charge is 0.475 e. The summed E-state index contributed by atoms with van der Waals surface area (Å²) in [6.07, 6.45) is 1.93. The van der Waals surface area contributed by atoms with Crippen molar-refractivity contribution in [1.29, 1.82) is 0 Å². The Kier molecular flexibility index (Phi) is 8.98. The van der Waals surface area contributed by atoms with Crippen LogP contribution in [0.3, 0.4) is 0 Å². The van der Waals surface area contributed by atoms with Crippen molar-refractivity contribution in [2.75, 3.05) is 26.3 Å². The summed E-state index contributed by atoms with van der Waals surface area (Å²) in [6.45, 7) is 11.5. The highest BCUT2D eigenvalue weighted by Gasteiger charge is 2.00. The number of pyridine rings is 1. The summed E-state index contributed by atoms with van der Waals surface area (Å²) in [5.74, 6) is 1.43. The van der Waals surface area contributed by atoms with Gasteiger partial charge < -0.3 is 20.1 Å². The van der Waals surface area contributed by atoms with Gasteiger partial charge in [0.05, 0.1) is 19.3 Å². The van der Waals surface area contributed by atoms with Crippen LogP contribution in [0.4, 0.5) is 0 Å². The van der Waals surface area contributed by atoms with Gasteiger partial charge in [-0.25, -0.2) is 9.98 Å². The minimum atomic E-state index is 0.131. The Bertz CT molecular complexity index is 432. The van der Waals surface area contributed by atoms with E-state index in [1.54, 1.807) is 6.20 Å². The zero-order valence-electron chi connectivity index (χ0n) is 14.1. The van der Waals surface area contributed by atoms with Gasteiger partial charge in [-0.15, -0.1) is 0 Å². The molecule has 0 aliphatic rings. The number of aromatic nitrogens is 1. The summed E-state index contributed by atoms with van der Waals surface area (Å²) in [5.41, 5.74) is 1.04. The van der Waals surface area contributed by atoms with Gasteiger partial charge in [-0.2, -0.15) is 0 Å². The highest BCUT2D eigenvalue weighted by molar-refractivity contribution is 5.79. The maximum absolute atomic E-state index is 5.52. The van der Waals surface area contributed by atoms with E-state index in [1.165, 1.54) is 0 Å². The number of aliphatic imine (C=N–C) groups is 1. The van der Waals surface area contributed by atoms with E-state index in [1.807, 2.05) is 39.8 Å². The van der Waals surface area contributed by atoms with Crippen LogP contribution < -0.4 is 15.4 Å². The number of ether oxygens (including phenoxy) is 2. The van der Waals surface area contributed by atoms with E-state index in [0.29, 0.717) is 19.0 Å². The topological polar surface area (TPSA) is 67.8 Å². The van der Waals surface area contributed by atoms with Crippen LogP contribution in [0.1, 0.15) is 33.3 Å². The third-order valence-electron chi connectivity index (χ3n) is 2.66. The van der Waals surface area contributed by atoms with Gasteiger partial charge >= 0.3 is 0 Å². The van der Waals surface area contributed by atoms with Crippen LogP contribution in [0.5, 0.6) is 5.88 Å². The molecular formula is C16H28N4O2. The van der Waals surface area contributed by atoms with E-state index in [2.05, 4.69) is 20.6 Å². The minimum absolute atomic E-state index is 0.131. The van der Waals surface area contributed by atoms with Crippen molar-refractivity contribution in [2.45, 2.75) is 40.3 Å². The molecule has 6 nitrogen and oxygen atoms in total. The van der Waals surface area contributed by atoms with Gasteiger partial charge in [-0.3, -0.25) is 0 Å². The molecule has 0 saturated carbocycles. The molecule has 124 valence electrons. The fraction of sp³-hybridized carbons (Fsp3) is 0.625. The van der Waals surface area contributed by atoms with E-state index in [4.69, 9.17) is 9.47 Å². The molecule has 1 aromatic rings. The van der Waals surface area contributed by atoms with Crippen LogP contribution in [0.2, 0.25) is 0 Å². The van der Waals surface area contributed by atoms with Crippen molar-refractivity contribution in [3.63, 3.8) is 0 Å². The number of rotatable bonds is 9. The monoisotopic (exact) mass is 308 g/mol. The third kappa shape index (κ3) is 7.83. The van der Waals surface area contributed by atoms with Gasteiger partial charge in [-0.1, -0.05) is 6.07 Å². The quantitative estimate of drug-likeness (QED) is 0.415. The molecule has 0 atom stereocenters. The number of hydrogen-bond donors (Lipinski definition) is 2. The lowest BCUT2D eigenvalue weighted by Crippen LogP contribution is -2.39. The van der Waals surface area contributed by atoms with Crippen LogP contribution in [-0.2, 0) is 11.3 Å². The number of guanidine groups is 1. The van der Waals surface area contributed by atoms with Crippen molar-refractivity contribution in [3.05, 3.63) is 23.9 Å². The Morgan fingerprint density at radius 3 is 2.68 bits per heavy atom. The summed E-state index contributed by atoms with van der Waals surface area (Å²) in [6, 6.07) is 3.86. The van der Waals surface area contributed by atoms with Crippen LogP contribution in [0.25, 0.3) is 0 Å². The maximum atomic E-state index is 5.52. The predicted molar refractivity (Wildman–Crippen MR) is 89.3 cm³/mol. The summed E-state index contributed by atoms with van der Waals surface area (Å²) in [7, 11) is 0. The average Bonchev–Trinajstić information content (AvgIpc) is 2.50. The van der Waals surface area contributed by atoms with Gasteiger partial charge in [0.1, 0.15) is 0 Å². The molecule has 1 rings (SSSR count). The highest BCUT2D eigenvalue weighted by atomic mass is 16.5. The molecule has 6 heteroatoms. The van der Waals surface area contributed by atoms with Crippen molar-refractivity contribution >= 4 is 5.96 Å². The molecule has 1 heterocycles. The Morgan fingerprint density at radius 1 is 1.27 bits per heavy atom. The van der Waals surface area contributed by atoms with E-state index in [9.17, 15) is 0 Å². The van der Waals surface area contributed by atoms with Crippen molar-refractivity contribution in [1.82, 2.24) is 15.6 Å². The normalized spacial score (nSPS) is 11.6. The second kappa shape index (κ2) is 10.8. The predicted octanol–water partition coefficient (Wildman–Crippen LogP) is 1.96. The second-order valence-corrected chi connectivity index (χ2v) is 4.99. The van der Waals surface area contributed by atoms with E-state index >= 15 is 0 Å². The summed E-state index contributed by atoms with van der Waals surface area (Å²) >= 11 is 0. The molecule has 0 aliphatic heterocycles. The van der Waals surface area contributed by atoms with Gasteiger partial charge in [-0.05, 0) is 33.3 Å². The first-order chi connectivity index (χ1) is 10.7. The molecule has 0 bridgehead atoms. The lowest BCUT2D eigenvalue weighted by Gasteiger charge is -2.11. The number of nitrogens with one attached hydrogen (secondary N) is 2. The lowest BCUT2D eigenvalue weighted by atomic mass is 10.3. The smallest absolute Gasteiger partial charge is 0.213 e. The highest BCUT2D eigenvalue weighted by Crippen LogP contribution is 2.10. The molecule has 0 spiro atoms. The van der Waals surface area contributed by atoms with Gasteiger partial charge in [0.2, 0.25) is 5.88 Å². The first kappa shape index (κ1) is 18.2. The van der Waals surface area contributed by atoms with Crippen LogP contribution >= 0.6 is 0 Å². The van der Waals surface area contributed by atoms with Crippen molar-refractivity contribution < 1.29 is 9.47 Å². The fourth-order valence-electron chi connectivity index (χ4n) is 1.71. The molecule has 0 saturated heterocycles. The third-order valence-corrected chi connectivity index (χ3v) is 2.66. The van der Waals surface area contributed by atoms with Gasteiger partial charge in [0, 0.05) is 32.0 Å². The molecule has 0 aromatic carbocycles. The number of nitrogens with zero attached hydrogens (tertiary/aromatic N) is 2. The van der Waals surface area contributed by atoms with Crippen LogP contribution in [0.15, 0.2) is 23.3 Å². The number of hydrogen-bond acceptors (Lipinski definition) is 4. The summed E-state index contributed by atoms with van der Waals surface area (Å²) in [4.78, 5) is 8.81. The Morgan fingerprint density at radius 2 is 2.09 bits per heavy atom. The molecule has 22 heavy (non-hydrogen) atoms. The van der Waals surface area contributed by atoms with E-state index < -0.39 is 0 Å². The molecule has 2 N–H and O–H groups in total. The van der Waals surface area contributed by atoms with Crippen LogP contribution in [0, 0.1) is 0 Å². The zero-order chi connectivity index (χ0) is 16.2. The molecule has 0 radical (unpaired) electrons. The molecule has 0 amide bonds. The summed E-state index contributed by atoms with van der Waals surface area (Å²) < 4.78 is 10.8. The zero-order valence-corrected chi connectivity index (χ0v) is 14.1. The van der Waals surface area contributed by atoms with E-state index in [-0.39, 0.29) is 6.10 Å². The van der Waals surface area contributed by atoms with Gasteiger partial charge in [0.25, 0.3) is 0 Å². The van der Waals surface area contributed by atoms with Crippen molar-refractivity contribution in [3.8, 4) is 5.88 Å². The first-order valence-electron chi connectivity index (χ1n) is 7.87. The Hall–Kier alpha value is -1.82. The average molecular weight is 308 g/mol. The summed E-state index contributed by atoms with van der Waals surface area (Å²) in [5, 5.41) is 6.44. The fourth-order valence-corrected chi connectivity index (χ4v) is 1.71. The SMILES string of the molecule is CCNC(=NCc1ccc(OC(C)C)nc1)NCCOCC. The lowest BCUT2D eigenvalue weighted by molar-refractivity contribution is 0.152. The van der Waals surface area contributed by atoms with Crippen LogP contribution in [-0.4, -0.2) is 43.4 Å². The molecule has 0 fully saturated rings. The van der Waals surface area contributed by atoms with Gasteiger partial charge in [0.15, 0.2) is 5.96 Å². The molecule has 0 unspecified atom stereocenters. The minimum Gasteiger partial charge on any atom is -0.475 e. The maximum Gasteiger partial charge on any atom is 0.213 e. The second-order valence-electron chi connectivity index (χ2n) is 4.99. The molecular weight excluding hydrogens is 280 g/mol. The molecule has 1 aromatic heterocycles. The Balaban J connectivity index is 2.50. The standard InChI is InChI=1S/C16H28N4O2/c1-5-17-16(18-9-10-21-6-2)20-12-14-7-8-15(19-11-14)22-13(3)4/h7-8,11,13H,5-6,9-10,12H2,1-4H3,(H2,17,18,20). The van der Waals surface area contributed by atoms with E-state index in [0.717, 1.165) is 31.2 Å². The Labute approximate surface area is 133 Å².